The predicted octanol–water partition coefficient (Wildman–Crippen LogP) is 3.65. The largest absolute Gasteiger partial charge is 0.483 e. The Morgan fingerprint density at radius 2 is 1.65 bits per heavy atom. The van der Waals surface area contributed by atoms with Gasteiger partial charge in [0.25, 0.3) is 5.91 Å². The van der Waals surface area contributed by atoms with Crippen LogP contribution in [-0.4, -0.2) is 24.1 Å². The van der Waals surface area contributed by atoms with E-state index < -0.39 is 11.6 Å². The highest BCUT2D eigenvalue weighted by atomic mass is 16.6. The lowest BCUT2D eigenvalue weighted by molar-refractivity contribution is -0.123. The highest BCUT2D eigenvalue weighted by molar-refractivity contribution is 5.93. The molecule has 1 amide bonds. The van der Waals surface area contributed by atoms with Gasteiger partial charge in [0.15, 0.2) is 6.61 Å². The Labute approximate surface area is 154 Å². The maximum absolute atomic E-state index is 12.3. The molecule has 0 aromatic heterocycles. The molecule has 26 heavy (non-hydrogen) atoms. The van der Waals surface area contributed by atoms with E-state index in [2.05, 4.69) is 5.32 Å². The molecule has 0 atom stereocenters. The maximum Gasteiger partial charge on any atom is 0.342 e. The molecule has 2 rings (SSSR count). The predicted molar refractivity (Wildman–Crippen MR) is 100 cm³/mol. The normalized spacial score (nSPS) is 10.9. The van der Waals surface area contributed by atoms with Crippen LogP contribution in [0.25, 0.3) is 0 Å². The third-order valence-corrected chi connectivity index (χ3v) is 3.47. The number of aryl methyl sites for hydroxylation is 1. The SMILES string of the molecule is Cc1ccc(CNC(=O)COc2ccccc2C(=O)OC(C)(C)C)cc1. The molecule has 2 aromatic carbocycles. The van der Waals surface area contributed by atoms with Gasteiger partial charge in [-0.2, -0.15) is 0 Å². The fourth-order valence-electron chi connectivity index (χ4n) is 2.20. The summed E-state index contributed by atoms with van der Waals surface area (Å²) in [5.41, 5.74) is 1.88. The van der Waals surface area contributed by atoms with Crippen LogP contribution in [0.15, 0.2) is 48.5 Å². The Kier molecular flexibility index (Phi) is 6.39. The molecule has 0 spiro atoms. The maximum atomic E-state index is 12.3. The van der Waals surface area contributed by atoms with Crippen molar-refractivity contribution < 1.29 is 19.1 Å². The van der Waals surface area contributed by atoms with Gasteiger partial charge in [-0.15, -0.1) is 0 Å². The van der Waals surface area contributed by atoms with Gasteiger partial charge in [0.1, 0.15) is 16.9 Å². The van der Waals surface area contributed by atoms with E-state index in [-0.39, 0.29) is 12.5 Å². The zero-order valence-electron chi connectivity index (χ0n) is 15.7. The van der Waals surface area contributed by atoms with Crippen molar-refractivity contribution in [2.24, 2.45) is 0 Å². The number of hydrogen-bond donors (Lipinski definition) is 1. The van der Waals surface area contributed by atoms with Crippen molar-refractivity contribution in [3.8, 4) is 5.75 Å². The van der Waals surface area contributed by atoms with Crippen LogP contribution in [-0.2, 0) is 16.1 Å². The van der Waals surface area contributed by atoms with Gasteiger partial charge in [-0.25, -0.2) is 4.79 Å². The fourth-order valence-corrected chi connectivity index (χ4v) is 2.20. The molecule has 0 saturated heterocycles. The molecular weight excluding hydrogens is 330 g/mol. The van der Waals surface area contributed by atoms with Crippen molar-refractivity contribution in [3.05, 3.63) is 65.2 Å². The van der Waals surface area contributed by atoms with Crippen molar-refractivity contribution in [2.45, 2.75) is 39.8 Å². The van der Waals surface area contributed by atoms with Crippen LogP contribution in [0.4, 0.5) is 0 Å². The first-order valence-electron chi connectivity index (χ1n) is 8.52. The number of hydrogen-bond acceptors (Lipinski definition) is 4. The molecule has 5 heteroatoms. The number of rotatable bonds is 6. The molecule has 138 valence electrons. The monoisotopic (exact) mass is 355 g/mol. The van der Waals surface area contributed by atoms with E-state index in [1.54, 1.807) is 45.0 Å². The number of carbonyl (C=O) groups is 2. The second kappa shape index (κ2) is 8.52. The van der Waals surface area contributed by atoms with Gasteiger partial charge >= 0.3 is 5.97 Å². The van der Waals surface area contributed by atoms with Crippen LogP contribution in [0.2, 0.25) is 0 Å². The molecule has 0 aliphatic heterocycles. The molecule has 0 aliphatic rings. The topological polar surface area (TPSA) is 64.6 Å². The first-order valence-corrected chi connectivity index (χ1v) is 8.52. The summed E-state index contributed by atoms with van der Waals surface area (Å²) in [6, 6.07) is 14.7. The van der Waals surface area contributed by atoms with Crippen molar-refractivity contribution >= 4 is 11.9 Å². The summed E-state index contributed by atoms with van der Waals surface area (Å²) in [5.74, 6) is -0.412. The van der Waals surface area contributed by atoms with E-state index in [4.69, 9.17) is 9.47 Å². The van der Waals surface area contributed by atoms with E-state index in [9.17, 15) is 9.59 Å². The minimum atomic E-state index is -0.602. The Bertz CT molecular complexity index is 760. The van der Waals surface area contributed by atoms with Crippen LogP contribution < -0.4 is 10.1 Å². The Hall–Kier alpha value is -2.82. The van der Waals surface area contributed by atoms with Gasteiger partial charge in [-0.3, -0.25) is 4.79 Å². The molecular formula is C21H25NO4. The second-order valence-corrected chi connectivity index (χ2v) is 7.05. The molecule has 0 radical (unpaired) electrons. The average molecular weight is 355 g/mol. The van der Waals surface area contributed by atoms with Crippen molar-refractivity contribution in [1.82, 2.24) is 5.32 Å². The van der Waals surface area contributed by atoms with Gasteiger partial charge in [0.05, 0.1) is 0 Å². The highest BCUT2D eigenvalue weighted by Gasteiger charge is 2.21. The summed E-state index contributed by atoms with van der Waals surface area (Å²) in [6.07, 6.45) is 0. The summed E-state index contributed by atoms with van der Waals surface area (Å²) < 4.78 is 10.9. The summed E-state index contributed by atoms with van der Waals surface area (Å²) >= 11 is 0. The van der Waals surface area contributed by atoms with Gasteiger partial charge in [0.2, 0.25) is 0 Å². The first-order chi connectivity index (χ1) is 12.2. The number of nitrogens with one attached hydrogen (secondary N) is 1. The Balaban J connectivity index is 1.91. The number of ether oxygens (including phenoxy) is 2. The summed E-state index contributed by atoms with van der Waals surface area (Å²) in [7, 11) is 0. The van der Waals surface area contributed by atoms with E-state index >= 15 is 0 Å². The molecule has 1 N–H and O–H groups in total. The summed E-state index contributed by atoms with van der Waals surface area (Å²) in [6.45, 7) is 7.66. The zero-order valence-corrected chi connectivity index (χ0v) is 15.7. The number of amides is 1. The van der Waals surface area contributed by atoms with E-state index in [1.165, 1.54) is 5.56 Å². The van der Waals surface area contributed by atoms with Gasteiger partial charge in [0, 0.05) is 6.54 Å². The lowest BCUT2D eigenvalue weighted by Crippen LogP contribution is -2.29. The number of para-hydroxylation sites is 1. The molecule has 0 saturated carbocycles. The van der Waals surface area contributed by atoms with E-state index in [0.29, 0.717) is 17.9 Å². The fraction of sp³-hybridized carbons (Fsp3) is 0.333. The number of esters is 1. The van der Waals surface area contributed by atoms with E-state index in [0.717, 1.165) is 5.56 Å². The molecule has 5 nitrogen and oxygen atoms in total. The van der Waals surface area contributed by atoms with Gasteiger partial charge in [-0.1, -0.05) is 42.0 Å². The van der Waals surface area contributed by atoms with Crippen LogP contribution >= 0.6 is 0 Å². The quantitative estimate of drug-likeness (QED) is 0.804. The van der Waals surface area contributed by atoms with Crippen molar-refractivity contribution in [1.29, 1.82) is 0 Å². The zero-order chi connectivity index (χ0) is 19.2. The Morgan fingerprint density at radius 3 is 2.31 bits per heavy atom. The van der Waals surface area contributed by atoms with Crippen LogP contribution in [0, 0.1) is 6.92 Å². The second-order valence-electron chi connectivity index (χ2n) is 7.05. The van der Waals surface area contributed by atoms with Crippen LogP contribution in [0.5, 0.6) is 5.75 Å². The van der Waals surface area contributed by atoms with Gasteiger partial charge < -0.3 is 14.8 Å². The standard InChI is InChI=1S/C21H25NO4/c1-15-9-11-16(12-10-15)13-22-19(23)14-25-18-8-6-5-7-17(18)20(24)26-21(2,3)4/h5-12H,13-14H2,1-4H3,(H,22,23). The molecule has 0 aliphatic carbocycles. The summed E-state index contributed by atoms with van der Waals surface area (Å²) in [5, 5.41) is 2.80. The number of benzene rings is 2. The molecule has 0 bridgehead atoms. The minimum absolute atomic E-state index is 0.175. The lowest BCUT2D eigenvalue weighted by Gasteiger charge is -2.20. The molecule has 0 fully saturated rings. The third-order valence-electron chi connectivity index (χ3n) is 3.47. The highest BCUT2D eigenvalue weighted by Crippen LogP contribution is 2.21. The molecule has 0 heterocycles. The van der Waals surface area contributed by atoms with Crippen LogP contribution in [0.3, 0.4) is 0 Å². The lowest BCUT2D eigenvalue weighted by atomic mass is 10.1. The molecule has 0 unspecified atom stereocenters. The Morgan fingerprint density at radius 1 is 1.00 bits per heavy atom. The van der Waals surface area contributed by atoms with Gasteiger partial charge in [-0.05, 0) is 45.4 Å². The van der Waals surface area contributed by atoms with Crippen molar-refractivity contribution in [2.75, 3.05) is 6.61 Å². The third kappa shape index (κ3) is 6.24. The van der Waals surface area contributed by atoms with Crippen molar-refractivity contribution in [3.63, 3.8) is 0 Å². The smallest absolute Gasteiger partial charge is 0.342 e. The first kappa shape index (κ1) is 19.5. The minimum Gasteiger partial charge on any atom is -0.483 e. The van der Waals surface area contributed by atoms with Crippen LogP contribution in [0.1, 0.15) is 42.3 Å². The van der Waals surface area contributed by atoms with E-state index in [1.807, 2.05) is 31.2 Å². The molecule has 2 aromatic rings. The average Bonchev–Trinajstić information content (AvgIpc) is 2.58. The number of carbonyl (C=O) groups excluding carboxylic acids is 2. The summed E-state index contributed by atoms with van der Waals surface area (Å²) in [4.78, 5) is 24.3.